The van der Waals surface area contributed by atoms with Crippen LogP contribution in [0.2, 0.25) is 0 Å². The maximum atomic E-state index is 13.0. The van der Waals surface area contributed by atoms with E-state index in [9.17, 15) is 17.6 Å². The van der Waals surface area contributed by atoms with Crippen LogP contribution in [-0.2, 0) is 6.18 Å². The summed E-state index contributed by atoms with van der Waals surface area (Å²) in [5.74, 6) is -1.30. The van der Waals surface area contributed by atoms with Gasteiger partial charge in [-0.25, -0.2) is 4.39 Å². The van der Waals surface area contributed by atoms with E-state index in [-0.39, 0.29) is 18.2 Å². The van der Waals surface area contributed by atoms with Crippen LogP contribution in [0.25, 0.3) is 0 Å². The van der Waals surface area contributed by atoms with Crippen molar-refractivity contribution in [2.75, 3.05) is 6.54 Å². The SMILES string of the molecule is CC(C)C(CN)Oc1ccc(F)c(C(F)(F)F)c1. The van der Waals surface area contributed by atoms with Crippen LogP contribution >= 0.6 is 0 Å². The van der Waals surface area contributed by atoms with E-state index >= 15 is 0 Å². The van der Waals surface area contributed by atoms with Crippen molar-refractivity contribution in [1.29, 1.82) is 0 Å². The molecule has 0 aliphatic rings. The van der Waals surface area contributed by atoms with Gasteiger partial charge in [0, 0.05) is 6.54 Å². The molecule has 0 fully saturated rings. The first-order valence-corrected chi connectivity index (χ1v) is 5.49. The number of ether oxygens (including phenoxy) is 1. The van der Waals surface area contributed by atoms with Gasteiger partial charge in [-0.05, 0) is 24.1 Å². The van der Waals surface area contributed by atoms with Crippen molar-refractivity contribution >= 4 is 0 Å². The fraction of sp³-hybridized carbons (Fsp3) is 0.500. The van der Waals surface area contributed by atoms with Gasteiger partial charge in [0.25, 0.3) is 0 Å². The lowest BCUT2D eigenvalue weighted by Crippen LogP contribution is -2.31. The van der Waals surface area contributed by atoms with E-state index < -0.39 is 23.7 Å². The monoisotopic (exact) mass is 265 g/mol. The van der Waals surface area contributed by atoms with Crippen LogP contribution in [0.1, 0.15) is 19.4 Å². The van der Waals surface area contributed by atoms with Gasteiger partial charge in [0.15, 0.2) is 0 Å². The lowest BCUT2D eigenvalue weighted by molar-refractivity contribution is -0.140. The van der Waals surface area contributed by atoms with Crippen molar-refractivity contribution in [2.24, 2.45) is 11.7 Å². The van der Waals surface area contributed by atoms with Crippen LogP contribution in [0.4, 0.5) is 17.6 Å². The molecule has 0 saturated heterocycles. The highest BCUT2D eigenvalue weighted by atomic mass is 19.4. The van der Waals surface area contributed by atoms with Crippen LogP contribution < -0.4 is 10.5 Å². The summed E-state index contributed by atoms with van der Waals surface area (Å²) in [6.45, 7) is 3.85. The minimum absolute atomic E-state index is 0.0344. The first-order chi connectivity index (χ1) is 8.25. The molecule has 0 amide bonds. The lowest BCUT2D eigenvalue weighted by atomic mass is 10.1. The first-order valence-electron chi connectivity index (χ1n) is 5.49. The largest absolute Gasteiger partial charge is 0.489 e. The molecule has 2 nitrogen and oxygen atoms in total. The second kappa shape index (κ2) is 5.56. The minimum Gasteiger partial charge on any atom is -0.489 e. The summed E-state index contributed by atoms with van der Waals surface area (Å²) in [4.78, 5) is 0. The average molecular weight is 265 g/mol. The zero-order valence-corrected chi connectivity index (χ0v) is 10.1. The first kappa shape index (κ1) is 14.8. The Balaban J connectivity index is 2.99. The molecule has 1 rings (SSSR count). The summed E-state index contributed by atoms with van der Waals surface area (Å²) in [5, 5.41) is 0. The van der Waals surface area contributed by atoms with Crippen molar-refractivity contribution in [3.8, 4) is 5.75 Å². The lowest BCUT2D eigenvalue weighted by Gasteiger charge is -2.21. The molecular formula is C12H15F4NO. The molecule has 0 saturated carbocycles. The minimum atomic E-state index is -4.74. The van der Waals surface area contributed by atoms with E-state index in [1.165, 1.54) is 0 Å². The van der Waals surface area contributed by atoms with Crippen molar-refractivity contribution in [2.45, 2.75) is 26.1 Å². The molecule has 1 aromatic carbocycles. The Hall–Kier alpha value is -1.30. The van der Waals surface area contributed by atoms with Gasteiger partial charge >= 0.3 is 6.18 Å². The van der Waals surface area contributed by atoms with Gasteiger partial charge in [0.1, 0.15) is 17.7 Å². The van der Waals surface area contributed by atoms with Crippen molar-refractivity contribution in [3.63, 3.8) is 0 Å². The zero-order valence-electron chi connectivity index (χ0n) is 10.1. The zero-order chi connectivity index (χ0) is 13.9. The number of hydrogen-bond acceptors (Lipinski definition) is 2. The molecule has 1 aromatic rings. The third-order valence-electron chi connectivity index (χ3n) is 2.51. The topological polar surface area (TPSA) is 35.2 Å². The van der Waals surface area contributed by atoms with Crippen LogP contribution in [0.15, 0.2) is 18.2 Å². The Bertz CT molecular complexity index is 404. The number of halogens is 4. The highest BCUT2D eigenvalue weighted by molar-refractivity contribution is 5.31. The van der Waals surface area contributed by atoms with Crippen LogP contribution in [0.5, 0.6) is 5.75 Å². The number of rotatable bonds is 4. The number of benzene rings is 1. The van der Waals surface area contributed by atoms with Crippen LogP contribution in [0.3, 0.4) is 0 Å². The molecule has 0 bridgehead atoms. The van der Waals surface area contributed by atoms with Gasteiger partial charge in [0.05, 0.1) is 5.56 Å². The van der Waals surface area contributed by atoms with Crippen molar-refractivity contribution in [1.82, 2.24) is 0 Å². The number of hydrogen-bond donors (Lipinski definition) is 1. The quantitative estimate of drug-likeness (QED) is 0.848. The molecule has 1 atom stereocenters. The molecule has 0 spiro atoms. The summed E-state index contributed by atoms with van der Waals surface area (Å²) < 4.78 is 55.8. The van der Waals surface area contributed by atoms with Gasteiger partial charge in [0.2, 0.25) is 0 Å². The molecule has 1 unspecified atom stereocenters. The van der Waals surface area contributed by atoms with E-state index in [2.05, 4.69) is 0 Å². The molecule has 0 heterocycles. The molecular weight excluding hydrogens is 250 g/mol. The highest BCUT2D eigenvalue weighted by Crippen LogP contribution is 2.33. The molecule has 0 aliphatic carbocycles. The van der Waals surface area contributed by atoms with Gasteiger partial charge in [-0.15, -0.1) is 0 Å². The average Bonchev–Trinajstić information content (AvgIpc) is 2.25. The summed E-state index contributed by atoms with van der Waals surface area (Å²) in [6.07, 6.45) is -5.14. The van der Waals surface area contributed by atoms with Gasteiger partial charge < -0.3 is 10.5 Å². The third-order valence-corrected chi connectivity index (χ3v) is 2.51. The number of alkyl halides is 3. The van der Waals surface area contributed by atoms with Crippen LogP contribution in [0, 0.1) is 11.7 Å². The Labute approximate surface area is 103 Å². The Morgan fingerprint density at radius 1 is 1.28 bits per heavy atom. The van der Waals surface area contributed by atoms with Crippen LogP contribution in [-0.4, -0.2) is 12.6 Å². The molecule has 0 radical (unpaired) electrons. The maximum absolute atomic E-state index is 13.0. The smallest absolute Gasteiger partial charge is 0.419 e. The van der Waals surface area contributed by atoms with Gasteiger partial charge in [-0.3, -0.25) is 0 Å². The summed E-state index contributed by atoms with van der Waals surface area (Å²) in [7, 11) is 0. The Morgan fingerprint density at radius 3 is 2.33 bits per heavy atom. The fourth-order valence-electron chi connectivity index (χ4n) is 1.43. The Morgan fingerprint density at radius 2 is 1.89 bits per heavy atom. The fourth-order valence-corrected chi connectivity index (χ4v) is 1.43. The standard InChI is InChI=1S/C12H15F4NO/c1-7(2)11(6-17)18-8-3-4-10(13)9(5-8)12(14,15)16/h3-5,7,11H,6,17H2,1-2H3. The predicted octanol–water partition coefficient (Wildman–Crippen LogP) is 3.21. The van der Waals surface area contributed by atoms with E-state index in [1.54, 1.807) is 0 Å². The van der Waals surface area contributed by atoms with Gasteiger partial charge in [-0.2, -0.15) is 13.2 Å². The predicted molar refractivity (Wildman–Crippen MR) is 59.7 cm³/mol. The van der Waals surface area contributed by atoms with Gasteiger partial charge in [-0.1, -0.05) is 13.8 Å². The molecule has 18 heavy (non-hydrogen) atoms. The van der Waals surface area contributed by atoms with E-state index in [0.717, 1.165) is 12.1 Å². The second-order valence-corrected chi connectivity index (χ2v) is 4.28. The van der Waals surface area contributed by atoms with E-state index in [4.69, 9.17) is 10.5 Å². The summed E-state index contributed by atoms with van der Waals surface area (Å²) in [6, 6.07) is 2.56. The Kier molecular flexibility index (Phi) is 4.56. The number of nitrogens with two attached hydrogens (primary N) is 1. The van der Waals surface area contributed by atoms with Crippen molar-refractivity contribution in [3.05, 3.63) is 29.6 Å². The molecule has 0 aromatic heterocycles. The molecule has 0 aliphatic heterocycles. The second-order valence-electron chi connectivity index (χ2n) is 4.28. The normalized spacial score (nSPS) is 13.8. The third kappa shape index (κ3) is 3.60. The highest BCUT2D eigenvalue weighted by Gasteiger charge is 2.34. The molecule has 2 N–H and O–H groups in total. The van der Waals surface area contributed by atoms with E-state index in [0.29, 0.717) is 6.07 Å². The maximum Gasteiger partial charge on any atom is 0.419 e. The summed E-state index contributed by atoms with van der Waals surface area (Å²) >= 11 is 0. The molecule has 102 valence electrons. The van der Waals surface area contributed by atoms with E-state index in [1.807, 2.05) is 13.8 Å². The van der Waals surface area contributed by atoms with Crippen molar-refractivity contribution < 1.29 is 22.3 Å². The molecule has 6 heteroatoms. The summed E-state index contributed by atoms with van der Waals surface area (Å²) in [5.41, 5.74) is 4.12.